The molecule has 0 aliphatic heterocycles. The summed E-state index contributed by atoms with van der Waals surface area (Å²) in [5.41, 5.74) is 5.39. The van der Waals surface area contributed by atoms with Gasteiger partial charge in [-0.3, -0.25) is 4.79 Å². The monoisotopic (exact) mass is 288 g/mol. The summed E-state index contributed by atoms with van der Waals surface area (Å²) in [5.74, 6) is -0.229. The highest BCUT2D eigenvalue weighted by Crippen LogP contribution is 2.11. The van der Waals surface area contributed by atoms with Crippen LogP contribution in [0.2, 0.25) is 0 Å². The molecule has 1 aromatic carbocycles. The molecule has 0 bridgehead atoms. The summed E-state index contributed by atoms with van der Waals surface area (Å²) in [6.07, 6.45) is 1.37. The van der Waals surface area contributed by atoms with Gasteiger partial charge in [0.05, 0.1) is 24.4 Å². The number of aromatic nitrogens is 2. The molecule has 0 atom stereocenters. The lowest BCUT2D eigenvalue weighted by Crippen LogP contribution is -2.23. The van der Waals surface area contributed by atoms with Gasteiger partial charge in [-0.2, -0.15) is 10.4 Å². The Kier molecular flexibility index (Phi) is 4.64. The van der Waals surface area contributed by atoms with Crippen LogP contribution in [0.4, 0.5) is 4.39 Å². The first-order valence-electron chi connectivity index (χ1n) is 6.22. The third kappa shape index (κ3) is 3.64. The van der Waals surface area contributed by atoms with Crippen LogP contribution >= 0.6 is 0 Å². The molecule has 0 saturated carbocycles. The van der Waals surface area contributed by atoms with E-state index in [0.717, 1.165) is 10.7 Å². The molecule has 0 amide bonds. The van der Waals surface area contributed by atoms with Gasteiger partial charge in [-0.1, -0.05) is 6.07 Å². The Bertz CT molecular complexity index is 736. The first-order valence-corrected chi connectivity index (χ1v) is 6.22. The van der Waals surface area contributed by atoms with E-state index >= 15 is 0 Å². The van der Waals surface area contributed by atoms with Gasteiger partial charge in [0.1, 0.15) is 18.2 Å². The van der Waals surface area contributed by atoms with Crippen LogP contribution in [0, 0.1) is 17.1 Å². The van der Waals surface area contributed by atoms with E-state index < -0.39 is 11.4 Å². The molecule has 0 fully saturated rings. The van der Waals surface area contributed by atoms with Gasteiger partial charge in [-0.15, -0.1) is 0 Å². The summed E-state index contributed by atoms with van der Waals surface area (Å²) in [6, 6.07) is 7.19. The van der Waals surface area contributed by atoms with Gasteiger partial charge in [0.25, 0.3) is 5.56 Å². The third-order valence-electron chi connectivity index (χ3n) is 2.73. The summed E-state index contributed by atoms with van der Waals surface area (Å²) in [6.45, 7) is 0.600. The quantitative estimate of drug-likeness (QED) is 0.871. The van der Waals surface area contributed by atoms with Crippen molar-refractivity contribution in [3.05, 3.63) is 57.8 Å². The van der Waals surface area contributed by atoms with Crippen LogP contribution in [-0.4, -0.2) is 22.9 Å². The van der Waals surface area contributed by atoms with Crippen molar-refractivity contribution in [2.75, 3.05) is 13.2 Å². The van der Waals surface area contributed by atoms with Crippen LogP contribution in [0.25, 0.3) is 0 Å². The second kappa shape index (κ2) is 6.63. The highest BCUT2D eigenvalue weighted by molar-refractivity contribution is 5.33. The van der Waals surface area contributed by atoms with Crippen molar-refractivity contribution in [3.63, 3.8) is 0 Å². The van der Waals surface area contributed by atoms with Crippen molar-refractivity contribution < 1.29 is 9.13 Å². The van der Waals surface area contributed by atoms with Crippen molar-refractivity contribution in [3.8, 4) is 11.8 Å². The van der Waals surface area contributed by atoms with E-state index in [0.29, 0.717) is 12.3 Å². The molecule has 0 saturated heterocycles. The van der Waals surface area contributed by atoms with Gasteiger partial charge in [-0.05, 0) is 12.1 Å². The van der Waals surface area contributed by atoms with Crippen LogP contribution in [0.1, 0.15) is 11.1 Å². The molecule has 1 heterocycles. The minimum Gasteiger partial charge on any atom is -0.490 e. The first kappa shape index (κ1) is 14.7. The van der Waals surface area contributed by atoms with E-state index in [-0.39, 0.29) is 24.3 Å². The molecule has 0 aliphatic rings. The lowest BCUT2D eigenvalue weighted by molar-refractivity contribution is 0.324. The number of nitrogens with two attached hydrogens (primary N) is 1. The molecular weight excluding hydrogens is 275 g/mol. The highest BCUT2D eigenvalue weighted by Gasteiger charge is 2.07. The van der Waals surface area contributed by atoms with Gasteiger partial charge in [0.15, 0.2) is 0 Å². The zero-order chi connectivity index (χ0) is 15.2. The highest BCUT2D eigenvalue weighted by atomic mass is 19.1. The molecule has 6 nitrogen and oxygen atoms in total. The molecule has 108 valence electrons. The first-order chi connectivity index (χ1) is 10.1. The number of rotatable bonds is 5. The summed E-state index contributed by atoms with van der Waals surface area (Å²) >= 11 is 0. The molecule has 1 aromatic heterocycles. The van der Waals surface area contributed by atoms with Gasteiger partial charge in [0, 0.05) is 18.2 Å². The maximum Gasteiger partial charge on any atom is 0.270 e. The molecule has 2 rings (SSSR count). The largest absolute Gasteiger partial charge is 0.490 e. The predicted octanol–water partition coefficient (Wildman–Crippen LogP) is 0.640. The van der Waals surface area contributed by atoms with E-state index in [2.05, 4.69) is 5.10 Å². The second-order valence-corrected chi connectivity index (χ2v) is 4.24. The van der Waals surface area contributed by atoms with Crippen LogP contribution in [0.3, 0.4) is 0 Å². The van der Waals surface area contributed by atoms with Gasteiger partial charge >= 0.3 is 0 Å². The number of ether oxygens (including phenoxy) is 1. The Morgan fingerprint density at radius 2 is 2.24 bits per heavy atom. The van der Waals surface area contributed by atoms with Gasteiger partial charge in [-0.25, -0.2) is 9.07 Å². The lowest BCUT2D eigenvalue weighted by atomic mass is 10.1. The van der Waals surface area contributed by atoms with E-state index in [1.54, 1.807) is 0 Å². The molecule has 7 heteroatoms. The Morgan fingerprint density at radius 1 is 1.43 bits per heavy atom. The van der Waals surface area contributed by atoms with Crippen molar-refractivity contribution in [2.24, 2.45) is 5.73 Å². The number of hydrogen-bond acceptors (Lipinski definition) is 5. The SMILES string of the molecule is N#Cc1ccc(Cn2ncc(OCCN)cc2=O)c(F)c1. The van der Waals surface area contributed by atoms with Gasteiger partial charge in [0.2, 0.25) is 0 Å². The third-order valence-corrected chi connectivity index (χ3v) is 2.73. The molecule has 0 unspecified atom stereocenters. The summed E-state index contributed by atoms with van der Waals surface area (Å²) in [7, 11) is 0. The normalized spacial score (nSPS) is 10.1. The van der Waals surface area contributed by atoms with Crippen LogP contribution < -0.4 is 16.0 Å². The minimum atomic E-state index is -0.550. The molecular formula is C14H13FN4O2. The zero-order valence-electron chi connectivity index (χ0n) is 11.1. The maximum absolute atomic E-state index is 13.8. The fourth-order valence-electron chi connectivity index (χ4n) is 1.70. The Labute approximate surface area is 120 Å². The van der Waals surface area contributed by atoms with Crippen LogP contribution in [-0.2, 0) is 6.54 Å². The smallest absolute Gasteiger partial charge is 0.270 e. The molecule has 21 heavy (non-hydrogen) atoms. The average Bonchev–Trinajstić information content (AvgIpc) is 2.49. The second-order valence-electron chi connectivity index (χ2n) is 4.24. The van der Waals surface area contributed by atoms with Crippen LogP contribution in [0.5, 0.6) is 5.75 Å². The number of nitrogens with zero attached hydrogens (tertiary/aromatic N) is 3. The van der Waals surface area contributed by atoms with Crippen molar-refractivity contribution in [1.82, 2.24) is 9.78 Å². The number of benzene rings is 1. The van der Waals surface area contributed by atoms with E-state index in [1.165, 1.54) is 24.4 Å². The fraction of sp³-hybridized carbons (Fsp3) is 0.214. The zero-order valence-corrected chi connectivity index (χ0v) is 11.1. The number of hydrogen-bond donors (Lipinski definition) is 1. The maximum atomic E-state index is 13.8. The van der Waals surface area contributed by atoms with Crippen LogP contribution in [0.15, 0.2) is 35.3 Å². The van der Waals surface area contributed by atoms with E-state index in [4.69, 9.17) is 15.7 Å². The summed E-state index contributed by atoms with van der Waals surface area (Å²) in [4.78, 5) is 11.9. The predicted molar refractivity (Wildman–Crippen MR) is 73.3 cm³/mol. The lowest BCUT2D eigenvalue weighted by Gasteiger charge is -2.08. The Balaban J connectivity index is 2.20. The Morgan fingerprint density at radius 3 is 2.86 bits per heavy atom. The van der Waals surface area contributed by atoms with E-state index in [9.17, 15) is 9.18 Å². The van der Waals surface area contributed by atoms with Gasteiger partial charge < -0.3 is 10.5 Å². The number of halogens is 1. The van der Waals surface area contributed by atoms with Crippen molar-refractivity contribution in [2.45, 2.75) is 6.54 Å². The number of nitriles is 1. The van der Waals surface area contributed by atoms with E-state index in [1.807, 2.05) is 6.07 Å². The average molecular weight is 288 g/mol. The summed E-state index contributed by atoms with van der Waals surface area (Å²) < 4.78 is 20.1. The molecule has 0 aliphatic carbocycles. The fourth-order valence-corrected chi connectivity index (χ4v) is 1.70. The topological polar surface area (TPSA) is 93.9 Å². The minimum absolute atomic E-state index is 0.0203. The van der Waals surface area contributed by atoms with Crippen molar-refractivity contribution >= 4 is 0 Å². The molecule has 0 spiro atoms. The molecule has 0 radical (unpaired) electrons. The van der Waals surface area contributed by atoms with Crippen molar-refractivity contribution in [1.29, 1.82) is 5.26 Å². The summed E-state index contributed by atoms with van der Waals surface area (Å²) in [5, 5.41) is 12.6. The molecule has 2 N–H and O–H groups in total. The molecule has 2 aromatic rings. The Hall–Kier alpha value is -2.72. The standard InChI is InChI=1S/C14H13FN4O2/c15-13-5-10(7-17)1-2-11(13)9-19-14(20)6-12(8-18-19)21-4-3-16/h1-2,5-6,8H,3-4,9,16H2.